The van der Waals surface area contributed by atoms with Crippen LogP contribution < -0.4 is 19.6 Å². The lowest BCUT2D eigenvalue weighted by Crippen LogP contribution is -2.31. The lowest BCUT2D eigenvalue weighted by Gasteiger charge is -2.26. The molecule has 0 radical (unpaired) electrons. The number of aryl methyl sites for hydroxylation is 2. The predicted octanol–water partition coefficient (Wildman–Crippen LogP) is 7.03. The molecule has 7 nitrogen and oxygen atoms in total. The van der Waals surface area contributed by atoms with Crippen LogP contribution in [0.3, 0.4) is 0 Å². The highest BCUT2D eigenvalue weighted by molar-refractivity contribution is 5.99. The van der Waals surface area contributed by atoms with E-state index in [4.69, 9.17) is 18.6 Å². The largest absolute Gasteiger partial charge is 0.497 e. The molecule has 1 amide bonds. The molecule has 4 aromatic rings. The molecule has 0 saturated carbocycles. The number of nitrogens with zero attached hydrogens (tertiary/aromatic N) is 1. The van der Waals surface area contributed by atoms with Gasteiger partial charge in [-0.25, -0.2) is 0 Å². The van der Waals surface area contributed by atoms with Crippen LogP contribution >= 0.6 is 0 Å². The smallest absolute Gasteiger partial charge is 0.290 e. The van der Waals surface area contributed by atoms with Gasteiger partial charge in [-0.15, -0.1) is 0 Å². The van der Waals surface area contributed by atoms with E-state index >= 15 is 0 Å². The molecular weight excluding hydrogens is 530 g/mol. The Morgan fingerprint density at radius 2 is 1.71 bits per heavy atom. The molecule has 2 heterocycles. The van der Waals surface area contributed by atoms with E-state index in [1.54, 1.807) is 12.0 Å². The first-order valence-corrected chi connectivity index (χ1v) is 14.6. The molecular formula is C35H39NO6. The Morgan fingerprint density at radius 1 is 0.952 bits per heavy atom. The van der Waals surface area contributed by atoms with Gasteiger partial charge >= 0.3 is 0 Å². The zero-order valence-corrected chi connectivity index (χ0v) is 25.3. The molecule has 1 aliphatic heterocycles. The van der Waals surface area contributed by atoms with Crippen molar-refractivity contribution in [1.29, 1.82) is 0 Å². The van der Waals surface area contributed by atoms with Crippen molar-refractivity contribution in [3.05, 3.63) is 98.4 Å². The van der Waals surface area contributed by atoms with Gasteiger partial charge in [0.15, 0.2) is 16.9 Å². The zero-order valence-electron chi connectivity index (χ0n) is 25.3. The first kappa shape index (κ1) is 29.2. The van der Waals surface area contributed by atoms with E-state index in [2.05, 4.69) is 13.8 Å². The van der Waals surface area contributed by atoms with Gasteiger partial charge in [-0.05, 0) is 92.1 Å². The van der Waals surface area contributed by atoms with E-state index in [9.17, 15) is 9.59 Å². The highest BCUT2D eigenvalue weighted by atomic mass is 16.5. The highest BCUT2D eigenvalue weighted by Gasteiger charge is 2.43. The Bertz CT molecular complexity index is 1650. The quantitative estimate of drug-likeness (QED) is 0.193. The van der Waals surface area contributed by atoms with E-state index in [1.165, 1.54) is 0 Å². The first-order valence-electron chi connectivity index (χ1n) is 14.6. The third-order valence-corrected chi connectivity index (χ3v) is 7.73. The number of fused-ring (bicyclic) bond motifs is 2. The topological polar surface area (TPSA) is 78.2 Å². The molecule has 42 heavy (non-hydrogen) atoms. The highest BCUT2D eigenvalue weighted by Crippen LogP contribution is 2.41. The van der Waals surface area contributed by atoms with Crippen LogP contribution in [0.2, 0.25) is 0 Å². The van der Waals surface area contributed by atoms with Crippen molar-refractivity contribution in [2.24, 2.45) is 5.92 Å². The molecule has 1 unspecified atom stereocenters. The van der Waals surface area contributed by atoms with Gasteiger partial charge in [0.1, 0.15) is 11.3 Å². The van der Waals surface area contributed by atoms with Gasteiger partial charge in [-0.1, -0.05) is 38.1 Å². The summed E-state index contributed by atoms with van der Waals surface area (Å²) in [7, 11) is 1.63. The summed E-state index contributed by atoms with van der Waals surface area (Å²) < 4.78 is 23.6. The molecule has 7 heteroatoms. The first-order chi connectivity index (χ1) is 20.2. The number of ether oxygens (including phenoxy) is 3. The fourth-order valence-electron chi connectivity index (χ4n) is 5.58. The van der Waals surface area contributed by atoms with Crippen molar-refractivity contribution in [3.63, 3.8) is 0 Å². The number of hydrogen-bond acceptors (Lipinski definition) is 6. The van der Waals surface area contributed by atoms with Gasteiger partial charge in [-0.2, -0.15) is 0 Å². The van der Waals surface area contributed by atoms with E-state index in [-0.39, 0.29) is 17.1 Å². The molecule has 0 spiro atoms. The second kappa shape index (κ2) is 12.3. The molecule has 0 N–H and O–H groups in total. The van der Waals surface area contributed by atoms with Crippen molar-refractivity contribution >= 4 is 16.9 Å². The predicted molar refractivity (Wildman–Crippen MR) is 164 cm³/mol. The number of methoxy groups -OCH3 is 1. The minimum absolute atomic E-state index is 0.106. The van der Waals surface area contributed by atoms with Crippen molar-refractivity contribution in [2.75, 3.05) is 26.9 Å². The van der Waals surface area contributed by atoms with E-state index < -0.39 is 6.04 Å². The second-order valence-corrected chi connectivity index (χ2v) is 11.3. The Morgan fingerprint density at radius 3 is 2.40 bits per heavy atom. The molecule has 5 rings (SSSR count). The van der Waals surface area contributed by atoms with Crippen LogP contribution in [0.1, 0.15) is 71.6 Å². The lowest BCUT2D eigenvalue weighted by atomic mass is 9.96. The maximum Gasteiger partial charge on any atom is 0.290 e. The number of hydrogen-bond donors (Lipinski definition) is 0. The fourth-order valence-corrected chi connectivity index (χ4v) is 5.58. The van der Waals surface area contributed by atoms with Gasteiger partial charge in [0.2, 0.25) is 5.76 Å². The van der Waals surface area contributed by atoms with E-state index in [0.29, 0.717) is 60.1 Å². The molecule has 3 aromatic carbocycles. The summed E-state index contributed by atoms with van der Waals surface area (Å²) >= 11 is 0. The second-order valence-electron chi connectivity index (χ2n) is 11.3. The molecule has 0 fully saturated rings. The van der Waals surface area contributed by atoms with Crippen LogP contribution in [0.15, 0.2) is 63.8 Å². The van der Waals surface area contributed by atoms with Crippen LogP contribution in [-0.4, -0.2) is 37.7 Å². The van der Waals surface area contributed by atoms with Crippen molar-refractivity contribution < 1.29 is 23.4 Å². The summed E-state index contributed by atoms with van der Waals surface area (Å²) in [5, 5.41) is 0.486. The number of amides is 1. The summed E-state index contributed by atoms with van der Waals surface area (Å²) in [6.07, 6.45) is 1.52. The average Bonchev–Trinajstić information content (AvgIpc) is 3.25. The van der Waals surface area contributed by atoms with Crippen molar-refractivity contribution in [1.82, 2.24) is 4.90 Å². The average molecular weight is 570 g/mol. The van der Waals surface area contributed by atoms with Crippen LogP contribution in [0, 0.1) is 19.8 Å². The molecule has 0 bridgehead atoms. The molecule has 0 aliphatic carbocycles. The standard InChI is InChI=1S/C35H39NO6/c1-7-40-29-20-25(10-13-28(29)41-17-15-21(2)3)31-30-32(37)27-19-22(4)18-23(5)33(27)42-34(30)35(38)36(31)16-14-24-8-11-26(39-6)12-9-24/h8-13,18-21,31H,7,14-17H2,1-6H3. The van der Waals surface area contributed by atoms with Crippen molar-refractivity contribution in [3.8, 4) is 17.2 Å². The Hall–Kier alpha value is -4.26. The fraction of sp³-hybridized carbons (Fsp3) is 0.371. The van der Waals surface area contributed by atoms with Crippen molar-refractivity contribution in [2.45, 2.75) is 53.5 Å². The Balaban J connectivity index is 1.60. The lowest BCUT2D eigenvalue weighted by molar-refractivity contribution is 0.0729. The molecule has 1 aliphatic rings. The van der Waals surface area contributed by atoms with Gasteiger partial charge in [-0.3, -0.25) is 9.59 Å². The maximum absolute atomic E-state index is 14.1. The van der Waals surface area contributed by atoms with Gasteiger partial charge in [0.05, 0.1) is 37.3 Å². The molecule has 0 saturated heterocycles. The maximum atomic E-state index is 14.1. The van der Waals surface area contributed by atoms with Gasteiger partial charge in [0, 0.05) is 6.54 Å². The van der Waals surface area contributed by atoms with Crippen LogP contribution in [0.25, 0.3) is 11.0 Å². The molecule has 1 aromatic heterocycles. The van der Waals surface area contributed by atoms with Crippen LogP contribution in [0.5, 0.6) is 17.2 Å². The minimum Gasteiger partial charge on any atom is -0.497 e. The van der Waals surface area contributed by atoms with E-state index in [0.717, 1.165) is 34.4 Å². The normalized spacial score (nSPS) is 14.5. The zero-order chi connectivity index (χ0) is 30.0. The van der Waals surface area contributed by atoms with Crippen LogP contribution in [-0.2, 0) is 6.42 Å². The van der Waals surface area contributed by atoms with E-state index in [1.807, 2.05) is 75.4 Å². The SMILES string of the molecule is CCOc1cc(C2c3c(oc4c(C)cc(C)cc4c3=O)C(=O)N2CCc2ccc(OC)cc2)ccc1OCCC(C)C. The summed E-state index contributed by atoms with van der Waals surface area (Å²) in [6, 6.07) is 16.7. The third kappa shape index (κ3) is 5.73. The number of rotatable bonds is 11. The summed E-state index contributed by atoms with van der Waals surface area (Å²) in [4.78, 5) is 29.8. The number of carbonyl (C=O) groups excluding carboxylic acids is 1. The monoisotopic (exact) mass is 569 g/mol. The summed E-state index contributed by atoms with van der Waals surface area (Å²) in [6.45, 7) is 11.5. The summed E-state index contributed by atoms with van der Waals surface area (Å²) in [5.74, 6) is 2.33. The van der Waals surface area contributed by atoms with Crippen LogP contribution in [0.4, 0.5) is 0 Å². The minimum atomic E-state index is -0.629. The number of carbonyl (C=O) groups is 1. The molecule has 220 valence electrons. The summed E-state index contributed by atoms with van der Waals surface area (Å²) in [5.41, 5.74) is 4.25. The Labute approximate surface area is 247 Å². The third-order valence-electron chi connectivity index (χ3n) is 7.73. The van der Waals surface area contributed by atoms with Gasteiger partial charge in [0.25, 0.3) is 5.91 Å². The Kier molecular flexibility index (Phi) is 8.57. The molecule has 1 atom stereocenters. The van der Waals surface area contributed by atoms with Gasteiger partial charge < -0.3 is 23.5 Å². The number of benzene rings is 3.